The largest absolute Gasteiger partial charge is 0.328 e. The summed E-state index contributed by atoms with van der Waals surface area (Å²) in [6.45, 7) is 1.98. The van der Waals surface area contributed by atoms with Crippen molar-refractivity contribution in [3.05, 3.63) is 35.4 Å². The number of benzene rings is 1. The van der Waals surface area contributed by atoms with Gasteiger partial charge in [-0.3, -0.25) is 0 Å². The first-order chi connectivity index (χ1) is 9.15. The molecule has 3 N–H and O–H groups in total. The summed E-state index contributed by atoms with van der Waals surface area (Å²) in [5.74, 6) is 0. The van der Waals surface area contributed by atoms with Gasteiger partial charge in [0.15, 0.2) is 0 Å². The molecule has 0 bridgehead atoms. The molecule has 3 nitrogen and oxygen atoms in total. The number of nitrogens with two attached hydrogens (primary N) is 1. The molecular weight excluding hydrogens is 234 g/mol. The minimum absolute atomic E-state index is 0.430. The van der Waals surface area contributed by atoms with Crippen LogP contribution in [-0.4, -0.2) is 31.1 Å². The van der Waals surface area contributed by atoms with Gasteiger partial charge in [-0.1, -0.05) is 24.3 Å². The molecule has 1 aromatic rings. The van der Waals surface area contributed by atoms with Crippen molar-refractivity contribution in [1.29, 1.82) is 0 Å². The van der Waals surface area contributed by atoms with E-state index in [0.717, 1.165) is 25.9 Å². The standard InChI is InChI=1S/C16H27N3/c1-19(2)12-14-6-4-3-5-13(14)11-18-16-9-7-15(17)8-10-16/h3-6,15-16,18H,7-12,17H2,1-2H3. The Morgan fingerprint density at radius 1 is 1.11 bits per heavy atom. The van der Waals surface area contributed by atoms with Gasteiger partial charge in [0.25, 0.3) is 0 Å². The Labute approximate surface area is 117 Å². The highest BCUT2D eigenvalue weighted by Gasteiger charge is 2.18. The monoisotopic (exact) mass is 261 g/mol. The van der Waals surface area contributed by atoms with Gasteiger partial charge in [-0.2, -0.15) is 0 Å². The summed E-state index contributed by atoms with van der Waals surface area (Å²) < 4.78 is 0. The van der Waals surface area contributed by atoms with E-state index in [1.807, 2.05) is 0 Å². The predicted molar refractivity (Wildman–Crippen MR) is 80.9 cm³/mol. The van der Waals surface area contributed by atoms with Crippen LogP contribution >= 0.6 is 0 Å². The first-order valence-electron chi connectivity index (χ1n) is 7.35. The lowest BCUT2D eigenvalue weighted by Crippen LogP contribution is -2.37. The number of nitrogens with one attached hydrogen (secondary N) is 1. The van der Waals surface area contributed by atoms with Gasteiger partial charge in [-0.25, -0.2) is 0 Å². The van der Waals surface area contributed by atoms with E-state index in [1.54, 1.807) is 0 Å². The summed E-state index contributed by atoms with van der Waals surface area (Å²) >= 11 is 0. The maximum atomic E-state index is 5.95. The molecule has 0 aromatic heterocycles. The highest BCUT2D eigenvalue weighted by atomic mass is 15.0. The van der Waals surface area contributed by atoms with Crippen LogP contribution in [-0.2, 0) is 13.1 Å². The molecule has 1 aliphatic rings. The lowest BCUT2D eigenvalue weighted by molar-refractivity contribution is 0.340. The van der Waals surface area contributed by atoms with E-state index in [1.165, 1.54) is 24.0 Å². The highest BCUT2D eigenvalue weighted by molar-refractivity contribution is 5.27. The molecular formula is C16H27N3. The van der Waals surface area contributed by atoms with Crippen LogP contribution < -0.4 is 11.1 Å². The molecule has 0 heterocycles. The molecule has 0 saturated heterocycles. The Bertz CT molecular complexity index is 381. The fourth-order valence-electron chi connectivity index (χ4n) is 2.80. The fourth-order valence-corrected chi connectivity index (χ4v) is 2.80. The molecule has 0 unspecified atom stereocenters. The summed E-state index contributed by atoms with van der Waals surface area (Å²) in [6.07, 6.45) is 4.77. The molecule has 0 atom stereocenters. The van der Waals surface area contributed by atoms with Gasteiger partial charge < -0.3 is 16.0 Å². The summed E-state index contributed by atoms with van der Waals surface area (Å²) in [5, 5.41) is 3.70. The second-order valence-electron chi connectivity index (χ2n) is 6.00. The zero-order valence-corrected chi connectivity index (χ0v) is 12.2. The maximum absolute atomic E-state index is 5.95. The van der Waals surface area contributed by atoms with Crippen molar-refractivity contribution in [1.82, 2.24) is 10.2 Å². The Kier molecular flexibility index (Phi) is 5.37. The topological polar surface area (TPSA) is 41.3 Å². The molecule has 1 saturated carbocycles. The Morgan fingerprint density at radius 2 is 1.74 bits per heavy atom. The lowest BCUT2D eigenvalue weighted by Gasteiger charge is -2.27. The lowest BCUT2D eigenvalue weighted by atomic mass is 9.91. The van der Waals surface area contributed by atoms with E-state index >= 15 is 0 Å². The zero-order chi connectivity index (χ0) is 13.7. The zero-order valence-electron chi connectivity index (χ0n) is 12.2. The first kappa shape index (κ1) is 14.5. The van der Waals surface area contributed by atoms with Crippen molar-refractivity contribution < 1.29 is 0 Å². The summed E-state index contributed by atoms with van der Waals surface area (Å²) in [6, 6.07) is 9.80. The normalized spacial score (nSPS) is 23.8. The van der Waals surface area contributed by atoms with Gasteiger partial charge in [-0.15, -0.1) is 0 Å². The second-order valence-corrected chi connectivity index (χ2v) is 6.00. The summed E-state index contributed by atoms with van der Waals surface area (Å²) in [5.41, 5.74) is 8.80. The molecule has 0 amide bonds. The van der Waals surface area contributed by atoms with E-state index in [0.29, 0.717) is 12.1 Å². The van der Waals surface area contributed by atoms with Crippen molar-refractivity contribution in [2.24, 2.45) is 5.73 Å². The third-order valence-corrected chi connectivity index (χ3v) is 3.96. The smallest absolute Gasteiger partial charge is 0.0230 e. The summed E-state index contributed by atoms with van der Waals surface area (Å²) in [7, 11) is 4.24. The van der Waals surface area contributed by atoms with E-state index in [9.17, 15) is 0 Å². The van der Waals surface area contributed by atoms with Gasteiger partial charge >= 0.3 is 0 Å². The fraction of sp³-hybridized carbons (Fsp3) is 0.625. The molecule has 1 aliphatic carbocycles. The summed E-state index contributed by atoms with van der Waals surface area (Å²) in [4.78, 5) is 2.22. The van der Waals surface area contributed by atoms with Crippen molar-refractivity contribution in [3.63, 3.8) is 0 Å². The molecule has 1 aromatic carbocycles. The van der Waals surface area contributed by atoms with Crippen LogP contribution in [0.2, 0.25) is 0 Å². The average Bonchev–Trinajstić information content (AvgIpc) is 2.39. The Hall–Kier alpha value is -0.900. The van der Waals surface area contributed by atoms with Crippen LogP contribution in [0.3, 0.4) is 0 Å². The molecule has 0 aliphatic heterocycles. The van der Waals surface area contributed by atoms with E-state index in [4.69, 9.17) is 5.73 Å². The van der Waals surface area contributed by atoms with Crippen molar-refractivity contribution in [2.45, 2.75) is 50.9 Å². The molecule has 2 rings (SSSR count). The van der Waals surface area contributed by atoms with Gasteiger partial charge in [0.2, 0.25) is 0 Å². The van der Waals surface area contributed by atoms with Gasteiger partial charge in [0.05, 0.1) is 0 Å². The Morgan fingerprint density at radius 3 is 2.37 bits per heavy atom. The number of nitrogens with zero attached hydrogens (tertiary/aromatic N) is 1. The number of rotatable bonds is 5. The molecule has 1 fully saturated rings. The van der Waals surface area contributed by atoms with Crippen LogP contribution in [0.25, 0.3) is 0 Å². The molecule has 0 radical (unpaired) electrons. The van der Waals surface area contributed by atoms with Gasteiger partial charge in [0.1, 0.15) is 0 Å². The minimum atomic E-state index is 0.430. The third-order valence-electron chi connectivity index (χ3n) is 3.96. The van der Waals surface area contributed by atoms with Crippen LogP contribution in [0, 0.1) is 0 Å². The van der Waals surface area contributed by atoms with Gasteiger partial charge in [-0.05, 0) is 50.9 Å². The van der Waals surface area contributed by atoms with Crippen LogP contribution in [0.4, 0.5) is 0 Å². The maximum Gasteiger partial charge on any atom is 0.0230 e. The van der Waals surface area contributed by atoms with Crippen molar-refractivity contribution in [3.8, 4) is 0 Å². The second kappa shape index (κ2) is 7.04. The molecule has 3 heteroatoms. The predicted octanol–water partition coefficient (Wildman–Crippen LogP) is 2.11. The SMILES string of the molecule is CN(C)Cc1ccccc1CNC1CCC(N)CC1. The van der Waals surface area contributed by atoms with E-state index in [2.05, 4.69) is 48.6 Å². The number of hydrogen-bond donors (Lipinski definition) is 2. The third kappa shape index (κ3) is 4.60. The number of hydrogen-bond acceptors (Lipinski definition) is 3. The molecule has 106 valence electrons. The quantitative estimate of drug-likeness (QED) is 0.853. The van der Waals surface area contributed by atoms with E-state index < -0.39 is 0 Å². The van der Waals surface area contributed by atoms with Crippen LogP contribution in [0.15, 0.2) is 24.3 Å². The van der Waals surface area contributed by atoms with E-state index in [-0.39, 0.29) is 0 Å². The van der Waals surface area contributed by atoms with Crippen molar-refractivity contribution >= 4 is 0 Å². The molecule has 19 heavy (non-hydrogen) atoms. The first-order valence-corrected chi connectivity index (χ1v) is 7.35. The van der Waals surface area contributed by atoms with Crippen LogP contribution in [0.1, 0.15) is 36.8 Å². The van der Waals surface area contributed by atoms with Crippen molar-refractivity contribution in [2.75, 3.05) is 14.1 Å². The minimum Gasteiger partial charge on any atom is -0.328 e. The highest BCUT2D eigenvalue weighted by Crippen LogP contribution is 2.18. The Balaban J connectivity index is 1.88. The molecule has 0 spiro atoms. The van der Waals surface area contributed by atoms with Gasteiger partial charge in [0, 0.05) is 25.2 Å². The van der Waals surface area contributed by atoms with Crippen LogP contribution in [0.5, 0.6) is 0 Å². The average molecular weight is 261 g/mol.